The Balaban J connectivity index is 2.01. The third-order valence-electron chi connectivity index (χ3n) is 4.55. The van der Waals surface area contributed by atoms with E-state index in [0.717, 1.165) is 31.4 Å². The summed E-state index contributed by atoms with van der Waals surface area (Å²) < 4.78 is 10.7. The van der Waals surface area contributed by atoms with Crippen LogP contribution in [0.15, 0.2) is 18.2 Å². The van der Waals surface area contributed by atoms with Crippen LogP contribution in [0.1, 0.15) is 38.2 Å². The molecule has 6 heteroatoms. The fourth-order valence-electron chi connectivity index (χ4n) is 3.11. The lowest BCUT2D eigenvalue weighted by atomic mass is 9.96. The van der Waals surface area contributed by atoms with Gasteiger partial charge in [0.2, 0.25) is 11.8 Å². The Hall–Kier alpha value is -2.08. The van der Waals surface area contributed by atoms with Crippen LogP contribution in [-0.4, -0.2) is 50.1 Å². The van der Waals surface area contributed by atoms with Crippen molar-refractivity contribution in [2.24, 2.45) is 5.92 Å². The standard InChI is InChI=1S/C20H30N2O4/c1-4-6-19(23)22-10-5-7-16(14-22)20(24)21-17-9-8-15(2)13-18(17)26-12-11-25-3/h8-9,13,16H,4-7,10-12,14H2,1-3H3,(H,21,24). The van der Waals surface area contributed by atoms with E-state index in [1.54, 1.807) is 7.11 Å². The van der Waals surface area contributed by atoms with Crippen LogP contribution in [-0.2, 0) is 14.3 Å². The molecule has 2 rings (SSSR count). The highest BCUT2D eigenvalue weighted by atomic mass is 16.5. The molecule has 2 amide bonds. The maximum atomic E-state index is 12.7. The molecule has 1 N–H and O–H groups in total. The first-order valence-electron chi connectivity index (χ1n) is 9.36. The van der Waals surface area contributed by atoms with Crippen LogP contribution >= 0.6 is 0 Å². The quantitative estimate of drug-likeness (QED) is 0.722. The number of carbonyl (C=O) groups excluding carboxylic acids is 2. The van der Waals surface area contributed by atoms with Gasteiger partial charge in [-0.25, -0.2) is 0 Å². The molecule has 0 bridgehead atoms. The number of aryl methyl sites for hydroxylation is 1. The summed E-state index contributed by atoms with van der Waals surface area (Å²) in [6.07, 6.45) is 3.04. The van der Waals surface area contributed by atoms with Crippen molar-refractivity contribution < 1.29 is 19.1 Å². The van der Waals surface area contributed by atoms with Crippen molar-refractivity contribution in [1.82, 2.24) is 4.90 Å². The maximum Gasteiger partial charge on any atom is 0.229 e. The van der Waals surface area contributed by atoms with E-state index in [0.29, 0.717) is 37.6 Å². The lowest BCUT2D eigenvalue weighted by molar-refractivity contribution is -0.134. The number of carbonyl (C=O) groups is 2. The molecule has 0 aliphatic carbocycles. The normalized spacial score (nSPS) is 17.0. The number of nitrogens with one attached hydrogen (secondary N) is 1. The summed E-state index contributed by atoms with van der Waals surface area (Å²) in [5, 5.41) is 2.98. The van der Waals surface area contributed by atoms with Gasteiger partial charge in [-0.2, -0.15) is 0 Å². The minimum Gasteiger partial charge on any atom is -0.489 e. The van der Waals surface area contributed by atoms with Crippen LogP contribution in [0.3, 0.4) is 0 Å². The summed E-state index contributed by atoms with van der Waals surface area (Å²) in [4.78, 5) is 26.7. The Morgan fingerprint density at radius 3 is 2.85 bits per heavy atom. The second kappa shape index (κ2) is 10.2. The molecular weight excluding hydrogens is 332 g/mol. The highest BCUT2D eigenvalue weighted by Crippen LogP contribution is 2.27. The molecule has 1 aliphatic heterocycles. The monoisotopic (exact) mass is 362 g/mol. The van der Waals surface area contributed by atoms with E-state index in [1.165, 1.54) is 0 Å². The molecule has 0 spiro atoms. The first-order valence-corrected chi connectivity index (χ1v) is 9.36. The van der Waals surface area contributed by atoms with Crippen molar-refractivity contribution in [3.63, 3.8) is 0 Å². The first kappa shape index (κ1) is 20.2. The van der Waals surface area contributed by atoms with E-state index in [-0.39, 0.29) is 17.7 Å². The van der Waals surface area contributed by atoms with E-state index in [1.807, 2.05) is 36.9 Å². The molecule has 1 fully saturated rings. The van der Waals surface area contributed by atoms with Gasteiger partial charge in [0.1, 0.15) is 12.4 Å². The fourth-order valence-corrected chi connectivity index (χ4v) is 3.11. The molecule has 1 saturated heterocycles. The number of anilines is 1. The smallest absolute Gasteiger partial charge is 0.229 e. The van der Waals surface area contributed by atoms with E-state index in [2.05, 4.69) is 5.32 Å². The molecule has 1 aromatic carbocycles. The predicted octanol–water partition coefficient (Wildman–Crippen LogP) is 3.00. The van der Waals surface area contributed by atoms with Gasteiger partial charge in [-0.1, -0.05) is 13.0 Å². The number of ether oxygens (including phenoxy) is 2. The van der Waals surface area contributed by atoms with E-state index in [9.17, 15) is 9.59 Å². The minimum atomic E-state index is -0.183. The topological polar surface area (TPSA) is 67.9 Å². The lowest BCUT2D eigenvalue weighted by Crippen LogP contribution is -2.43. The number of methoxy groups -OCH3 is 1. The highest BCUT2D eigenvalue weighted by molar-refractivity contribution is 5.94. The van der Waals surface area contributed by atoms with Crippen LogP contribution < -0.4 is 10.1 Å². The average molecular weight is 362 g/mol. The summed E-state index contributed by atoms with van der Waals surface area (Å²) in [5.41, 5.74) is 1.72. The van der Waals surface area contributed by atoms with Gasteiger partial charge in [-0.05, 0) is 43.9 Å². The maximum absolute atomic E-state index is 12.7. The third-order valence-corrected chi connectivity index (χ3v) is 4.55. The number of likely N-dealkylation sites (tertiary alicyclic amines) is 1. The summed E-state index contributed by atoms with van der Waals surface area (Å²) in [6.45, 7) is 6.13. The van der Waals surface area contributed by atoms with Gasteiger partial charge < -0.3 is 19.7 Å². The van der Waals surface area contributed by atoms with E-state index < -0.39 is 0 Å². The fraction of sp³-hybridized carbons (Fsp3) is 0.600. The van der Waals surface area contributed by atoms with Crippen molar-refractivity contribution in [2.45, 2.75) is 39.5 Å². The largest absolute Gasteiger partial charge is 0.489 e. The number of benzene rings is 1. The number of rotatable bonds is 8. The van der Waals surface area contributed by atoms with Gasteiger partial charge in [0, 0.05) is 26.6 Å². The van der Waals surface area contributed by atoms with Gasteiger partial charge in [0.25, 0.3) is 0 Å². The molecule has 26 heavy (non-hydrogen) atoms. The zero-order valence-electron chi connectivity index (χ0n) is 16.0. The van der Waals surface area contributed by atoms with Crippen LogP contribution in [0.4, 0.5) is 5.69 Å². The second-order valence-electron chi connectivity index (χ2n) is 6.76. The number of nitrogens with zero attached hydrogens (tertiary/aromatic N) is 1. The predicted molar refractivity (Wildman–Crippen MR) is 101 cm³/mol. The molecule has 1 heterocycles. The Morgan fingerprint density at radius 1 is 1.31 bits per heavy atom. The molecule has 1 aromatic rings. The number of hydrogen-bond donors (Lipinski definition) is 1. The zero-order chi connectivity index (χ0) is 18.9. The van der Waals surface area contributed by atoms with Crippen molar-refractivity contribution in [3.8, 4) is 5.75 Å². The summed E-state index contributed by atoms with van der Waals surface area (Å²) >= 11 is 0. The summed E-state index contributed by atoms with van der Waals surface area (Å²) in [6, 6.07) is 5.71. The second-order valence-corrected chi connectivity index (χ2v) is 6.76. The number of hydrogen-bond acceptors (Lipinski definition) is 4. The summed E-state index contributed by atoms with van der Waals surface area (Å²) in [5.74, 6) is 0.547. The molecular formula is C20H30N2O4. The van der Waals surface area contributed by atoms with Crippen LogP contribution in [0.5, 0.6) is 5.75 Å². The summed E-state index contributed by atoms with van der Waals surface area (Å²) in [7, 11) is 1.62. The lowest BCUT2D eigenvalue weighted by Gasteiger charge is -2.32. The van der Waals surface area contributed by atoms with E-state index >= 15 is 0 Å². The Morgan fingerprint density at radius 2 is 2.12 bits per heavy atom. The molecule has 1 unspecified atom stereocenters. The Kier molecular flexibility index (Phi) is 7.91. The highest BCUT2D eigenvalue weighted by Gasteiger charge is 2.28. The van der Waals surface area contributed by atoms with Crippen molar-refractivity contribution >= 4 is 17.5 Å². The van der Waals surface area contributed by atoms with Crippen LogP contribution in [0.2, 0.25) is 0 Å². The molecule has 6 nitrogen and oxygen atoms in total. The van der Waals surface area contributed by atoms with E-state index in [4.69, 9.17) is 9.47 Å². The van der Waals surface area contributed by atoms with Gasteiger partial charge in [-0.3, -0.25) is 9.59 Å². The first-order chi connectivity index (χ1) is 12.5. The van der Waals surface area contributed by atoms with Gasteiger partial charge in [-0.15, -0.1) is 0 Å². The third kappa shape index (κ3) is 5.73. The van der Waals surface area contributed by atoms with Gasteiger partial charge >= 0.3 is 0 Å². The Bertz CT molecular complexity index is 618. The minimum absolute atomic E-state index is 0.0561. The molecule has 1 aliphatic rings. The van der Waals surface area contributed by atoms with Crippen molar-refractivity contribution in [3.05, 3.63) is 23.8 Å². The van der Waals surface area contributed by atoms with Crippen molar-refractivity contribution in [1.29, 1.82) is 0 Å². The molecule has 0 radical (unpaired) electrons. The molecule has 1 atom stereocenters. The van der Waals surface area contributed by atoms with Crippen LogP contribution in [0.25, 0.3) is 0 Å². The van der Waals surface area contributed by atoms with Gasteiger partial charge in [0.15, 0.2) is 0 Å². The molecule has 144 valence electrons. The number of amides is 2. The SMILES string of the molecule is CCCC(=O)N1CCCC(C(=O)Nc2ccc(C)cc2OCCOC)C1. The molecule has 0 saturated carbocycles. The number of piperidine rings is 1. The molecule has 0 aromatic heterocycles. The average Bonchev–Trinajstić information content (AvgIpc) is 2.64. The zero-order valence-corrected chi connectivity index (χ0v) is 16.0. The van der Waals surface area contributed by atoms with Crippen LogP contribution in [0, 0.1) is 12.8 Å². The Labute approximate surface area is 155 Å². The van der Waals surface area contributed by atoms with Crippen molar-refractivity contribution in [2.75, 3.05) is 38.7 Å². The van der Waals surface area contributed by atoms with Gasteiger partial charge in [0.05, 0.1) is 18.2 Å².